The van der Waals surface area contributed by atoms with Crippen LogP contribution >= 0.6 is 22.6 Å². The SMILES string of the molecule is CCN1CCC1CC(I)CC(C)C. The molecule has 0 aromatic rings. The van der Waals surface area contributed by atoms with Crippen molar-refractivity contribution in [2.24, 2.45) is 5.92 Å². The Morgan fingerprint density at radius 1 is 1.46 bits per heavy atom. The first-order valence-corrected chi connectivity index (χ1v) is 6.76. The monoisotopic (exact) mass is 295 g/mol. The molecule has 2 heteroatoms. The summed E-state index contributed by atoms with van der Waals surface area (Å²) in [7, 11) is 0. The average Bonchev–Trinajstić information content (AvgIpc) is 1.98. The van der Waals surface area contributed by atoms with Crippen LogP contribution in [-0.2, 0) is 0 Å². The molecule has 0 radical (unpaired) electrons. The number of halogens is 1. The number of rotatable bonds is 5. The molecule has 0 aromatic heterocycles. The lowest BCUT2D eigenvalue weighted by molar-refractivity contribution is 0.0904. The van der Waals surface area contributed by atoms with E-state index in [9.17, 15) is 0 Å². The van der Waals surface area contributed by atoms with E-state index >= 15 is 0 Å². The molecule has 1 aliphatic rings. The second kappa shape index (κ2) is 5.54. The van der Waals surface area contributed by atoms with Gasteiger partial charge in [0.15, 0.2) is 0 Å². The summed E-state index contributed by atoms with van der Waals surface area (Å²) in [6, 6.07) is 0.908. The van der Waals surface area contributed by atoms with Gasteiger partial charge in [-0.3, -0.25) is 0 Å². The molecule has 1 nitrogen and oxygen atoms in total. The highest BCUT2D eigenvalue weighted by Gasteiger charge is 2.27. The van der Waals surface area contributed by atoms with Gasteiger partial charge in [0.05, 0.1) is 0 Å². The van der Waals surface area contributed by atoms with Crippen LogP contribution in [0, 0.1) is 5.92 Å². The van der Waals surface area contributed by atoms with E-state index in [2.05, 4.69) is 48.3 Å². The van der Waals surface area contributed by atoms with Crippen molar-refractivity contribution in [2.45, 2.75) is 50.0 Å². The van der Waals surface area contributed by atoms with E-state index in [-0.39, 0.29) is 0 Å². The van der Waals surface area contributed by atoms with Crippen molar-refractivity contribution >= 4 is 22.6 Å². The minimum absolute atomic E-state index is 0.858. The maximum atomic E-state index is 2.63. The molecule has 0 bridgehead atoms. The molecular formula is C11H22IN. The van der Waals surface area contributed by atoms with Crippen molar-refractivity contribution in [3.8, 4) is 0 Å². The summed E-state index contributed by atoms with van der Waals surface area (Å²) in [6.07, 6.45) is 4.23. The van der Waals surface area contributed by atoms with Crippen molar-refractivity contribution < 1.29 is 0 Å². The fourth-order valence-electron chi connectivity index (χ4n) is 2.08. The Hall–Kier alpha value is 0.690. The fraction of sp³-hybridized carbons (Fsp3) is 1.00. The summed E-state index contributed by atoms with van der Waals surface area (Å²) < 4.78 is 0.886. The van der Waals surface area contributed by atoms with Gasteiger partial charge in [0, 0.05) is 9.97 Å². The van der Waals surface area contributed by atoms with Gasteiger partial charge in [0.25, 0.3) is 0 Å². The van der Waals surface area contributed by atoms with Gasteiger partial charge in [-0.1, -0.05) is 43.4 Å². The zero-order chi connectivity index (χ0) is 9.84. The highest BCUT2D eigenvalue weighted by molar-refractivity contribution is 14.1. The lowest BCUT2D eigenvalue weighted by Crippen LogP contribution is -2.48. The molecule has 2 atom stereocenters. The van der Waals surface area contributed by atoms with Gasteiger partial charge in [-0.15, -0.1) is 0 Å². The number of nitrogens with zero attached hydrogens (tertiary/aromatic N) is 1. The molecule has 0 spiro atoms. The van der Waals surface area contributed by atoms with Crippen LogP contribution in [0.25, 0.3) is 0 Å². The lowest BCUT2D eigenvalue weighted by atomic mass is 9.95. The quantitative estimate of drug-likeness (QED) is 0.555. The molecule has 0 aromatic carbocycles. The second-order valence-electron chi connectivity index (χ2n) is 4.53. The molecular weight excluding hydrogens is 273 g/mol. The lowest BCUT2D eigenvalue weighted by Gasteiger charge is -2.41. The third-order valence-corrected chi connectivity index (χ3v) is 3.94. The molecule has 1 heterocycles. The minimum Gasteiger partial charge on any atom is -0.301 e. The molecule has 0 aliphatic carbocycles. The summed E-state index contributed by atoms with van der Waals surface area (Å²) in [5, 5.41) is 0. The molecule has 1 saturated heterocycles. The Labute approximate surface area is 96.4 Å². The van der Waals surface area contributed by atoms with Gasteiger partial charge in [0.1, 0.15) is 0 Å². The van der Waals surface area contributed by atoms with E-state index in [1.54, 1.807) is 0 Å². The molecule has 1 aliphatic heterocycles. The molecule has 2 unspecified atom stereocenters. The van der Waals surface area contributed by atoms with Crippen molar-refractivity contribution in [2.75, 3.05) is 13.1 Å². The van der Waals surface area contributed by atoms with Gasteiger partial charge < -0.3 is 4.90 Å². The molecule has 1 rings (SSSR count). The molecule has 13 heavy (non-hydrogen) atoms. The highest BCUT2D eigenvalue weighted by Crippen LogP contribution is 2.27. The van der Waals surface area contributed by atoms with E-state index in [0.29, 0.717) is 0 Å². The highest BCUT2D eigenvalue weighted by atomic mass is 127. The number of likely N-dealkylation sites (tertiary alicyclic amines) is 1. The van der Waals surface area contributed by atoms with E-state index < -0.39 is 0 Å². The van der Waals surface area contributed by atoms with Crippen LogP contribution in [0.5, 0.6) is 0 Å². The predicted octanol–water partition coefficient (Wildman–Crippen LogP) is 3.32. The van der Waals surface area contributed by atoms with Gasteiger partial charge in [0.2, 0.25) is 0 Å². The minimum atomic E-state index is 0.858. The van der Waals surface area contributed by atoms with Crippen molar-refractivity contribution in [1.82, 2.24) is 4.90 Å². The van der Waals surface area contributed by atoms with Gasteiger partial charge in [-0.05, 0) is 38.3 Å². The number of hydrogen-bond donors (Lipinski definition) is 0. The number of hydrogen-bond acceptors (Lipinski definition) is 1. The topological polar surface area (TPSA) is 3.24 Å². The Morgan fingerprint density at radius 3 is 2.54 bits per heavy atom. The summed E-state index contributed by atoms with van der Waals surface area (Å²) in [4.78, 5) is 2.60. The van der Waals surface area contributed by atoms with Crippen molar-refractivity contribution in [3.05, 3.63) is 0 Å². The summed E-state index contributed by atoms with van der Waals surface area (Å²) in [5.41, 5.74) is 0. The first-order chi connectivity index (χ1) is 6.13. The van der Waals surface area contributed by atoms with Crippen LogP contribution in [-0.4, -0.2) is 28.0 Å². The zero-order valence-corrected chi connectivity index (χ0v) is 11.3. The maximum absolute atomic E-state index is 2.63. The third kappa shape index (κ3) is 3.74. The standard InChI is InChI=1S/C11H22IN/c1-4-13-6-5-11(13)8-10(12)7-9(2)3/h9-11H,4-8H2,1-3H3. The van der Waals surface area contributed by atoms with E-state index in [0.717, 1.165) is 15.9 Å². The van der Waals surface area contributed by atoms with E-state index in [1.807, 2.05) is 0 Å². The van der Waals surface area contributed by atoms with Crippen molar-refractivity contribution in [1.29, 1.82) is 0 Å². The largest absolute Gasteiger partial charge is 0.301 e. The average molecular weight is 295 g/mol. The summed E-state index contributed by atoms with van der Waals surface area (Å²) >= 11 is 2.63. The second-order valence-corrected chi connectivity index (χ2v) is 6.30. The molecule has 0 N–H and O–H groups in total. The Kier molecular flexibility index (Phi) is 5.01. The predicted molar refractivity (Wildman–Crippen MR) is 67.5 cm³/mol. The fourth-order valence-corrected chi connectivity index (χ4v) is 3.68. The number of alkyl halides is 1. The van der Waals surface area contributed by atoms with Crippen LogP contribution in [0.1, 0.15) is 40.0 Å². The molecule has 78 valence electrons. The molecule has 0 saturated carbocycles. The first kappa shape index (κ1) is 11.8. The van der Waals surface area contributed by atoms with E-state index in [1.165, 1.54) is 32.4 Å². The first-order valence-electron chi connectivity index (χ1n) is 5.51. The normalized spacial score (nSPS) is 26.1. The van der Waals surface area contributed by atoms with Crippen LogP contribution in [0.15, 0.2) is 0 Å². The third-order valence-electron chi connectivity index (χ3n) is 2.93. The van der Waals surface area contributed by atoms with E-state index in [4.69, 9.17) is 0 Å². The molecule has 0 amide bonds. The van der Waals surface area contributed by atoms with Crippen molar-refractivity contribution in [3.63, 3.8) is 0 Å². The Bertz CT molecular complexity index is 145. The Morgan fingerprint density at radius 2 is 2.15 bits per heavy atom. The van der Waals surface area contributed by atoms with Gasteiger partial charge in [-0.25, -0.2) is 0 Å². The maximum Gasteiger partial charge on any atom is 0.0127 e. The van der Waals surface area contributed by atoms with Crippen LogP contribution in [0.4, 0.5) is 0 Å². The van der Waals surface area contributed by atoms with Crippen LogP contribution in [0.2, 0.25) is 0 Å². The van der Waals surface area contributed by atoms with Gasteiger partial charge in [-0.2, -0.15) is 0 Å². The summed E-state index contributed by atoms with van der Waals surface area (Å²) in [5.74, 6) is 0.858. The zero-order valence-electron chi connectivity index (χ0n) is 9.09. The Balaban J connectivity index is 2.16. The molecule has 1 fully saturated rings. The van der Waals surface area contributed by atoms with Crippen LogP contribution < -0.4 is 0 Å². The van der Waals surface area contributed by atoms with Gasteiger partial charge >= 0.3 is 0 Å². The smallest absolute Gasteiger partial charge is 0.0127 e. The van der Waals surface area contributed by atoms with Crippen LogP contribution in [0.3, 0.4) is 0 Å². The summed E-state index contributed by atoms with van der Waals surface area (Å²) in [6.45, 7) is 9.51.